The van der Waals surface area contributed by atoms with Gasteiger partial charge in [0.05, 0.1) is 17.0 Å². The van der Waals surface area contributed by atoms with Gasteiger partial charge in [-0.15, -0.1) is 11.8 Å². The van der Waals surface area contributed by atoms with E-state index >= 15 is 0 Å². The number of hydrogen-bond acceptors (Lipinski definition) is 3. The summed E-state index contributed by atoms with van der Waals surface area (Å²) in [6, 6.07) is 18.4. The van der Waals surface area contributed by atoms with Gasteiger partial charge in [0.25, 0.3) is 0 Å². The Hall–Kier alpha value is -2.64. The maximum Gasteiger partial charge on any atom is 0.123 e. The van der Waals surface area contributed by atoms with E-state index < -0.39 is 0 Å². The molecule has 1 aromatic heterocycles. The van der Waals surface area contributed by atoms with Crippen LogP contribution in [0.25, 0.3) is 22.4 Å². The number of aromatic nitrogens is 1. The Morgan fingerprint density at radius 3 is 2.21 bits per heavy atom. The maximum absolute atomic E-state index is 13.2. The molecule has 3 aromatic rings. The topological polar surface area (TPSA) is 36.7 Å². The third-order valence-corrected chi connectivity index (χ3v) is 4.60. The molecule has 0 unspecified atom stereocenters. The normalized spacial score (nSPS) is 10.4. The minimum atomic E-state index is -0.282. The largest absolute Gasteiger partial charge is 0.251 e. The summed E-state index contributed by atoms with van der Waals surface area (Å²) in [7, 11) is 0. The van der Waals surface area contributed by atoms with Gasteiger partial charge in [0.15, 0.2) is 0 Å². The molecule has 0 spiro atoms. The molecule has 0 bridgehead atoms. The lowest BCUT2D eigenvalue weighted by Gasteiger charge is -2.12. The fraction of sp³-hybridized carbons (Fsp3) is 0.100. The van der Waals surface area contributed by atoms with Crippen molar-refractivity contribution in [2.75, 3.05) is 6.26 Å². The highest BCUT2D eigenvalue weighted by Crippen LogP contribution is 2.33. The van der Waals surface area contributed by atoms with E-state index in [0.29, 0.717) is 11.3 Å². The summed E-state index contributed by atoms with van der Waals surface area (Å²) in [4.78, 5) is 5.78. The molecule has 24 heavy (non-hydrogen) atoms. The predicted molar refractivity (Wildman–Crippen MR) is 96.3 cm³/mol. The summed E-state index contributed by atoms with van der Waals surface area (Å²) in [5, 5.41) is 9.33. The minimum Gasteiger partial charge on any atom is -0.251 e. The zero-order valence-electron chi connectivity index (χ0n) is 13.4. The Bertz CT molecular complexity index is 910. The van der Waals surface area contributed by atoms with Gasteiger partial charge in [0.1, 0.15) is 11.9 Å². The van der Waals surface area contributed by atoms with E-state index in [0.717, 1.165) is 22.4 Å². The van der Waals surface area contributed by atoms with Crippen LogP contribution >= 0.6 is 11.8 Å². The molecule has 4 heteroatoms. The van der Waals surface area contributed by atoms with Crippen molar-refractivity contribution < 1.29 is 4.39 Å². The lowest BCUT2D eigenvalue weighted by Crippen LogP contribution is -1.96. The number of thioether (sulfide) groups is 1. The van der Waals surface area contributed by atoms with Crippen LogP contribution in [0.2, 0.25) is 0 Å². The molecule has 0 saturated carbocycles. The van der Waals surface area contributed by atoms with E-state index in [1.54, 1.807) is 23.9 Å². The van der Waals surface area contributed by atoms with Crippen molar-refractivity contribution in [3.8, 4) is 28.5 Å². The second-order valence-corrected chi connectivity index (χ2v) is 6.24. The molecule has 0 N–H and O–H groups in total. The van der Waals surface area contributed by atoms with Gasteiger partial charge in [-0.3, -0.25) is 4.98 Å². The lowest BCUT2D eigenvalue weighted by molar-refractivity contribution is 0.628. The maximum atomic E-state index is 13.2. The van der Waals surface area contributed by atoms with E-state index in [1.165, 1.54) is 17.0 Å². The first-order chi connectivity index (χ1) is 11.6. The number of halogens is 1. The number of benzene rings is 2. The third kappa shape index (κ3) is 3.17. The number of aryl methyl sites for hydroxylation is 1. The number of hydrogen-bond donors (Lipinski definition) is 0. The van der Waals surface area contributed by atoms with E-state index in [9.17, 15) is 9.65 Å². The van der Waals surface area contributed by atoms with Gasteiger partial charge in [-0.05, 0) is 61.2 Å². The molecule has 118 valence electrons. The molecule has 2 nitrogen and oxygen atoms in total. The van der Waals surface area contributed by atoms with Crippen LogP contribution in [0, 0.1) is 24.1 Å². The lowest BCUT2D eigenvalue weighted by atomic mass is 9.97. The molecule has 0 amide bonds. The number of rotatable bonds is 3. The molecular formula is C20H15FN2S. The number of nitrogens with zero attached hydrogens (tertiary/aromatic N) is 2. The van der Waals surface area contributed by atoms with Crippen molar-refractivity contribution >= 4 is 11.8 Å². The SMILES string of the molecule is CSc1ccc(-c2cc(C#N)c(C)nc2-c2ccc(F)cc2)cc1. The first kappa shape index (κ1) is 16.2. The van der Waals surface area contributed by atoms with Crippen LogP contribution in [0.5, 0.6) is 0 Å². The molecule has 0 radical (unpaired) electrons. The molecule has 0 atom stereocenters. The molecule has 0 fully saturated rings. The summed E-state index contributed by atoms with van der Waals surface area (Å²) >= 11 is 1.68. The average Bonchev–Trinajstić information content (AvgIpc) is 2.62. The van der Waals surface area contributed by atoms with Crippen molar-refractivity contribution in [3.63, 3.8) is 0 Å². The molecule has 0 aliphatic carbocycles. The number of pyridine rings is 1. The first-order valence-corrected chi connectivity index (χ1v) is 8.67. The van der Waals surface area contributed by atoms with Gasteiger partial charge in [-0.25, -0.2) is 4.39 Å². The number of nitriles is 1. The van der Waals surface area contributed by atoms with Crippen LogP contribution in [0.15, 0.2) is 59.5 Å². The second-order valence-electron chi connectivity index (χ2n) is 5.36. The van der Waals surface area contributed by atoms with Crippen LogP contribution in [0.3, 0.4) is 0 Å². The van der Waals surface area contributed by atoms with Gasteiger partial charge in [0.2, 0.25) is 0 Å². The van der Waals surface area contributed by atoms with Crippen molar-refractivity contribution in [3.05, 3.63) is 71.7 Å². The van der Waals surface area contributed by atoms with Crippen molar-refractivity contribution in [1.29, 1.82) is 5.26 Å². The van der Waals surface area contributed by atoms with Gasteiger partial charge >= 0.3 is 0 Å². The standard InChI is InChI=1S/C20H15FN2S/c1-13-16(12-22)11-19(14-5-9-18(24-2)10-6-14)20(23-13)15-3-7-17(21)8-4-15/h3-11H,1-2H3. The zero-order valence-corrected chi connectivity index (χ0v) is 14.2. The fourth-order valence-electron chi connectivity index (χ4n) is 2.54. The van der Waals surface area contributed by atoms with Crippen LogP contribution in [-0.4, -0.2) is 11.2 Å². The van der Waals surface area contributed by atoms with Crippen LogP contribution < -0.4 is 0 Å². The van der Waals surface area contributed by atoms with Gasteiger partial charge in [0, 0.05) is 16.0 Å². The molecule has 1 heterocycles. The predicted octanol–water partition coefficient (Wildman–Crippen LogP) is 5.46. The second kappa shape index (κ2) is 6.86. The molecule has 0 aliphatic rings. The van der Waals surface area contributed by atoms with Crippen LogP contribution in [0.4, 0.5) is 4.39 Å². The van der Waals surface area contributed by atoms with Gasteiger partial charge in [-0.1, -0.05) is 12.1 Å². The molecule has 3 rings (SSSR count). The highest BCUT2D eigenvalue weighted by molar-refractivity contribution is 7.98. The zero-order chi connectivity index (χ0) is 17.1. The van der Waals surface area contributed by atoms with Gasteiger partial charge < -0.3 is 0 Å². The monoisotopic (exact) mass is 334 g/mol. The van der Waals surface area contributed by atoms with Crippen LogP contribution in [0.1, 0.15) is 11.3 Å². The van der Waals surface area contributed by atoms with E-state index in [-0.39, 0.29) is 5.82 Å². The Labute approximate surface area is 145 Å². The summed E-state index contributed by atoms with van der Waals surface area (Å²) in [5.74, 6) is -0.282. The van der Waals surface area contributed by atoms with Crippen molar-refractivity contribution in [1.82, 2.24) is 4.98 Å². The van der Waals surface area contributed by atoms with E-state index in [2.05, 4.69) is 11.1 Å². The highest BCUT2D eigenvalue weighted by atomic mass is 32.2. The summed E-state index contributed by atoms with van der Waals surface area (Å²) in [6.45, 7) is 1.81. The van der Waals surface area contributed by atoms with E-state index in [1.807, 2.05) is 43.5 Å². The van der Waals surface area contributed by atoms with Crippen molar-refractivity contribution in [2.24, 2.45) is 0 Å². The summed E-state index contributed by atoms with van der Waals surface area (Å²) in [5.41, 5.74) is 4.65. The Kier molecular flexibility index (Phi) is 4.64. The quantitative estimate of drug-likeness (QED) is 0.597. The van der Waals surface area contributed by atoms with Crippen molar-refractivity contribution in [2.45, 2.75) is 11.8 Å². The summed E-state index contributed by atoms with van der Waals surface area (Å²) in [6.07, 6.45) is 2.03. The van der Waals surface area contributed by atoms with E-state index in [4.69, 9.17) is 0 Å². The molecule has 2 aromatic carbocycles. The fourth-order valence-corrected chi connectivity index (χ4v) is 2.95. The molecule has 0 saturated heterocycles. The molecular weight excluding hydrogens is 319 g/mol. The average molecular weight is 334 g/mol. The first-order valence-electron chi connectivity index (χ1n) is 7.44. The highest BCUT2D eigenvalue weighted by Gasteiger charge is 2.13. The third-order valence-electron chi connectivity index (χ3n) is 3.85. The van der Waals surface area contributed by atoms with Gasteiger partial charge in [-0.2, -0.15) is 5.26 Å². The van der Waals surface area contributed by atoms with Crippen LogP contribution in [-0.2, 0) is 0 Å². The molecule has 0 aliphatic heterocycles. The Morgan fingerprint density at radius 1 is 1.00 bits per heavy atom. The Morgan fingerprint density at radius 2 is 1.62 bits per heavy atom. The summed E-state index contributed by atoms with van der Waals surface area (Å²) < 4.78 is 13.2. The smallest absolute Gasteiger partial charge is 0.123 e. The Balaban J connectivity index is 2.21. The minimum absolute atomic E-state index is 0.282.